The maximum atomic E-state index is 11.8. The molecule has 29 heavy (non-hydrogen) atoms. The first-order valence-corrected chi connectivity index (χ1v) is 9.78. The zero-order chi connectivity index (χ0) is 20.8. The minimum Gasteiger partial charge on any atom is -0.467 e. The molecule has 3 aromatic rings. The first kappa shape index (κ1) is 21.1. The summed E-state index contributed by atoms with van der Waals surface area (Å²) in [6.45, 7) is 4.31. The first-order valence-electron chi connectivity index (χ1n) is 9.02. The summed E-state index contributed by atoms with van der Waals surface area (Å²) in [5, 5.41) is 13.2. The fourth-order valence-corrected chi connectivity index (χ4v) is 3.11. The van der Waals surface area contributed by atoms with Crippen molar-refractivity contribution in [2.45, 2.75) is 39.8 Å². The molecule has 0 aliphatic rings. The third kappa shape index (κ3) is 5.95. The van der Waals surface area contributed by atoms with E-state index in [0.717, 1.165) is 11.3 Å². The number of aromatic nitrogens is 4. The number of benzene rings is 1. The maximum absolute atomic E-state index is 11.8. The molecule has 0 atom stereocenters. The number of carbonyl (C=O) groups is 1. The first-order chi connectivity index (χ1) is 13.9. The van der Waals surface area contributed by atoms with E-state index in [4.69, 9.17) is 37.1 Å². The standard InChI is InChI=1S/C19H20Cl2N4O4/c1-3-27-19(26)7-6-15-9-17(28-11-18-23-22-12(2)29-18)24-25(15)10-13-4-5-14(20)8-16(13)21/h4-5,8-9H,3,6-7,10-11H2,1-2H3. The second-order valence-corrected chi connectivity index (χ2v) is 7.02. The normalized spacial score (nSPS) is 10.9. The number of halogens is 2. The van der Waals surface area contributed by atoms with E-state index in [2.05, 4.69) is 15.3 Å². The van der Waals surface area contributed by atoms with E-state index in [1.165, 1.54) is 0 Å². The molecular weight excluding hydrogens is 419 g/mol. The average Bonchev–Trinajstić information content (AvgIpc) is 3.26. The van der Waals surface area contributed by atoms with Crippen LogP contribution in [0.3, 0.4) is 0 Å². The Labute approximate surface area is 177 Å². The number of ether oxygens (including phenoxy) is 2. The van der Waals surface area contributed by atoms with Crippen molar-refractivity contribution >= 4 is 29.2 Å². The molecule has 0 bridgehead atoms. The third-order valence-corrected chi connectivity index (χ3v) is 4.57. The van der Waals surface area contributed by atoms with E-state index in [0.29, 0.717) is 47.3 Å². The van der Waals surface area contributed by atoms with Crippen molar-refractivity contribution in [2.75, 3.05) is 6.61 Å². The molecule has 0 saturated carbocycles. The Morgan fingerprint density at radius 1 is 1.24 bits per heavy atom. The van der Waals surface area contributed by atoms with Crippen LogP contribution in [0, 0.1) is 6.92 Å². The summed E-state index contributed by atoms with van der Waals surface area (Å²) in [5.74, 6) is 0.922. The Balaban J connectivity index is 1.77. The fourth-order valence-electron chi connectivity index (χ4n) is 2.64. The number of aryl methyl sites for hydroxylation is 2. The molecule has 0 spiro atoms. The van der Waals surface area contributed by atoms with Gasteiger partial charge in [-0.1, -0.05) is 29.3 Å². The van der Waals surface area contributed by atoms with Crippen LogP contribution in [0.5, 0.6) is 5.88 Å². The van der Waals surface area contributed by atoms with Crippen LogP contribution in [0.2, 0.25) is 10.0 Å². The van der Waals surface area contributed by atoms with Crippen LogP contribution >= 0.6 is 23.2 Å². The van der Waals surface area contributed by atoms with E-state index in [9.17, 15) is 4.79 Å². The molecule has 0 aliphatic carbocycles. The zero-order valence-electron chi connectivity index (χ0n) is 16.0. The lowest BCUT2D eigenvalue weighted by Crippen LogP contribution is -2.10. The monoisotopic (exact) mass is 438 g/mol. The van der Waals surface area contributed by atoms with Gasteiger partial charge in [0, 0.05) is 28.7 Å². The Hall–Kier alpha value is -2.58. The molecule has 0 radical (unpaired) electrons. The lowest BCUT2D eigenvalue weighted by atomic mass is 10.2. The number of nitrogens with zero attached hydrogens (tertiary/aromatic N) is 4. The van der Waals surface area contributed by atoms with Crippen molar-refractivity contribution < 1.29 is 18.7 Å². The predicted molar refractivity (Wildman–Crippen MR) is 106 cm³/mol. The largest absolute Gasteiger partial charge is 0.467 e. The van der Waals surface area contributed by atoms with Crippen molar-refractivity contribution in [2.24, 2.45) is 0 Å². The van der Waals surface area contributed by atoms with Gasteiger partial charge in [-0.25, -0.2) is 0 Å². The Morgan fingerprint density at radius 3 is 2.76 bits per heavy atom. The van der Waals surface area contributed by atoms with Gasteiger partial charge in [0.05, 0.1) is 19.6 Å². The van der Waals surface area contributed by atoms with Gasteiger partial charge < -0.3 is 13.9 Å². The van der Waals surface area contributed by atoms with Gasteiger partial charge in [-0.05, 0) is 31.0 Å². The quantitative estimate of drug-likeness (QED) is 0.465. The van der Waals surface area contributed by atoms with Crippen molar-refractivity contribution in [3.8, 4) is 5.88 Å². The number of hydrogen-bond donors (Lipinski definition) is 0. The summed E-state index contributed by atoms with van der Waals surface area (Å²) >= 11 is 12.3. The predicted octanol–water partition coefficient (Wildman–Crippen LogP) is 4.00. The summed E-state index contributed by atoms with van der Waals surface area (Å²) in [7, 11) is 0. The summed E-state index contributed by atoms with van der Waals surface area (Å²) in [6, 6.07) is 7.05. The Kier molecular flexibility index (Phi) is 7.11. The molecule has 0 unspecified atom stereocenters. The maximum Gasteiger partial charge on any atom is 0.306 e. The van der Waals surface area contributed by atoms with Gasteiger partial charge >= 0.3 is 5.97 Å². The lowest BCUT2D eigenvalue weighted by Gasteiger charge is -2.09. The molecule has 2 heterocycles. The highest BCUT2D eigenvalue weighted by atomic mass is 35.5. The van der Waals surface area contributed by atoms with E-state index in [1.807, 2.05) is 6.07 Å². The van der Waals surface area contributed by atoms with Crippen LogP contribution in [-0.4, -0.2) is 32.6 Å². The molecule has 3 rings (SSSR count). The molecule has 0 amide bonds. The van der Waals surface area contributed by atoms with Gasteiger partial charge in [0.2, 0.25) is 11.8 Å². The van der Waals surface area contributed by atoms with E-state index < -0.39 is 0 Å². The van der Waals surface area contributed by atoms with Crippen LogP contribution in [0.4, 0.5) is 0 Å². The molecule has 0 saturated heterocycles. The van der Waals surface area contributed by atoms with Crippen LogP contribution < -0.4 is 4.74 Å². The van der Waals surface area contributed by atoms with Crippen LogP contribution in [0.1, 0.15) is 36.4 Å². The van der Waals surface area contributed by atoms with Crippen molar-refractivity contribution in [3.05, 3.63) is 57.3 Å². The summed E-state index contributed by atoms with van der Waals surface area (Å²) in [5.41, 5.74) is 1.65. The van der Waals surface area contributed by atoms with Gasteiger partial charge in [-0.2, -0.15) is 0 Å². The van der Waals surface area contributed by atoms with Crippen LogP contribution in [0.25, 0.3) is 0 Å². The van der Waals surface area contributed by atoms with E-state index in [1.54, 1.807) is 36.7 Å². The molecule has 0 N–H and O–H groups in total. The van der Waals surface area contributed by atoms with Gasteiger partial charge in [0.1, 0.15) is 0 Å². The number of esters is 1. The van der Waals surface area contributed by atoms with Crippen LogP contribution in [-0.2, 0) is 29.1 Å². The average molecular weight is 439 g/mol. The van der Waals surface area contributed by atoms with Gasteiger partial charge in [0.25, 0.3) is 5.89 Å². The number of carbonyl (C=O) groups excluding carboxylic acids is 1. The molecule has 154 valence electrons. The highest BCUT2D eigenvalue weighted by Crippen LogP contribution is 2.24. The molecule has 1 aromatic carbocycles. The molecule has 0 aliphatic heterocycles. The molecule has 8 nitrogen and oxygen atoms in total. The van der Waals surface area contributed by atoms with Gasteiger partial charge in [-0.3, -0.25) is 9.48 Å². The SMILES string of the molecule is CCOC(=O)CCc1cc(OCc2nnc(C)o2)nn1Cc1ccc(Cl)cc1Cl. The molecule has 0 fully saturated rings. The zero-order valence-corrected chi connectivity index (χ0v) is 17.5. The minimum atomic E-state index is -0.270. The Morgan fingerprint density at radius 2 is 2.07 bits per heavy atom. The van der Waals surface area contributed by atoms with Crippen molar-refractivity contribution in [1.29, 1.82) is 0 Å². The van der Waals surface area contributed by atoms with Crippen LogP contribution in [0.15, 0.2) is 28.7 Å². The summed E-state index contributed by atoms with van der Waals surface area (Å²) in [4.78, 5) is 11.8. The van der Waals surface area contributed by atoms with Crippen molar-refractivity contribution in [1.82, 2.24) is 20.0 Å². The topological polar surface area (TPSA) is 92.3 Å². The minimum absolute atomic E-state index is 0.0941. The summed E-state index contributed by atoms with van der Waals surface area (Å²) in [6.07, 6.45) is 0.677. The third-order valence-electron chi connectivity index (χ3n) is 3.98. The molecular formula is C19H20Cl2N4O4. The Bertz CT molecular complexity index is 987. The van der Waals surface area contributed by atoms with E-state index in [-0.39, 0.29) is 19.0 Å². The highest BCUT2D eigenvalue weighted by Gasteiger charge is 2.14. The fraction of sp³-hybridized carbons (Fsp3) is 0.368. The number of hydrogen-bond acceptors (Lipinski definition) is 7. The smallest absolute Gasteiger partial charge is 0.306 e. The molecule has 10 heteroatoms. The van der Waals surface area contributed by atoms with E-state index >= 15 is 0 Å². The molecule has 2 aromatic heterocycles. The second-order valence-electron chi connectivity index (χ2n) is 6.18. The van der Waals surface area contributed by atoms with Gasteiger partial charge in [-0.15, -0.1) is 15.3 Å². The highest BCUT2D eigenvalue weighted by molar-refractivity contribution is 6.35. The lowest BCUT2D eigenvalue weighted by molar-refractivity contribution is -0.143. The van der Waals surface area contributed by atoms with Gasteiger partial charge in [0.15, 0.2) is 6.61 Å². The second kappa shape index (κ2) is 9.76. The number of rotatable bonds is 9. The van der Waals surface area contributed by atoms with Crippen molar-refractivity contribution in [3.63, 3.8) is 0 Å². The summed E-state index contributed by atoms with van der Waals surface area (Å²) < 4.78 is 17.7.